The summed E-state index contributed by atoms with van der Waals surface area (Å²) >= 11 is 0. The number of rotatable bonds is 6. The van der Waals surface area contributed by atoms with Gasteiger partial charge in [0.1, 0.15) is 5.82 Å². The first-order valence-electron chi connectivity index (χ1n) is 9.78. The van der Waals surface area contributed by atoms with Crippen molar-refractivity contribution in [3.05, 3.63) is 83.2 Å². The standard InChI is InChI=1S/C23H22FN5O/c1-15-20(8-9-23(30)26-14-17-5-4-10-25-13-17)16(2)29-22(27-15)12-21(28-29)18-6-3-7-19(24)11-18/h3-7,10-13H,8-9,14H2,1-2H3,(H,26,30). The Bertz CT molecular complexity index is 1200. The highest BCUT2D eigenvalue weighted by atomic mass is 19.1. The van der Waals surface area contributed by atoms with Crippen molar-refractivity contribution in [2.24, 2.45) is 0 Å². The van der Waals surface area contributed by atoms with Crippen LogP contribution in [0.5, 0.6) is 0 Å². The molecule has 0 aliphatic carbocycles. The molecule has 0 unspecified atom stereocenters. The minimum atomic E-state index is -0.302. The molecule has 152 valence electrons. The van der Waals surface area contributed by atoms with Crippen molar-refractivity contribution >= 4 is 11.6 Å². The average Bonchev–Trinajstić information content (AvgIpc) is 3.17. The van der Waals surface area contributed by atoms with Gasteiger partial charge in [-0.25, -0.2) is 13.9 Å². The van der Waals surface area contributed by atoms with Crippen LogP contribution >= 0.6 is 0 Å². The second-order valence-electron chi connectivity index (χ2n) is 7.21. The normalized spacial score (nSPS) is 11.0. The lowest BCUT2D eigenvalue weighted by molar-refractivity contribution is -0.121. The maximum absolute atomic E-state index is 13.6. The monoisotopic (exact) mass is 403 g/mol. The first-order chi connectivity index (χ1) is 14.5. The SMILES string of the molecule is Cc1nc2cc(-c3cccc(F)c3)nn2c(C)c1CCC(=O)NCc1cccnc1. The summed E-state index contributed by atoms with van der Waals surface area (Å²) in [4.78, 5) is 21.0. The second-order valence-corrected chi connectivity index (χ2v) is 7.21. The van der Waals surface area contributed by atoms with Crippen molar-refractivity contribution in [1.82, 2.24) is 24.9 Å². The van der Waals surface area contributed by atoms with E-state index in [0.717, 1.165) is 22.5 Å². The highest BCUT2D eigenvalue weighted by Gasteiger charge is 2.14. The van der Waals surface area contributed by atoms with Crippen molar-refractivity contribution in [2.45, 2.75) is 33.2 Å². The van der Waals surface area contributed by atoms with E-state index < -0.39 is 0 Å². The third-order valence-electron chi connectivity index (χ3n) is 5.10. The van der Waals surface area contributed by atoms with Crippen molar-refractivity contribution < 1.29 is 9.18 Å². The number of amides is 1. The van der Waals surface area contributed by atoms with Gasteiger partial charge < -0.3 is 5.32 Å². The fourth-order valence-electron chi connectivity index (χ4n) is 3.51. The predicted octanol–water partition coefficient (Wildman–Crippen LogP) is 3.80. The van der Waals surface area contributed by atoms with Crippen LogP contribution in [0, 0.1) is 19.7 Å². The number of hydrogen-bond acceptors (Lipinski definition) is 4. The van der Waals surface area contributed by atoms with Crippen molar-refractivity contribution in [3.8, 4) is 11.3 Å². The first-order valence-corrected chi connectivity index (χ1v) is 9.78. The summed E-state index contributed by atoms with van der Waals surface area (Å²) in [6.45, 7) is 4.36. The summed E-state index contributed by atoms with van der Waals surface area (Å²) in [7, 11) is 0. The van der Waals surface area contributed by atoms with Gasteiger partial charge in [0.25, 0.3) is 0 Å². The van der Waals surface area contributed by atoms with Gasteiger partial charge in [-0.3, -0.25) is 9.78 Å². The molecule has 0 spiro atoms. The minimum absolute atomic E-state index is 0.0290. The van der Waals surface area contributed by atoms with Crippen LogP contribution < -0.4 is 5.32 Å². The highest BCUT2D eigenvalue weighted by Crippen LogP contribution is 2.23. The molecule has 0 bridgehead atoms. The third-order valence-corrected chi connectivity index (χ3v) is 5.10. The van der Waals surface area contributed by atoms with Crippen LogP contribution in [0.2, 0.25) is 0 Å². The number of carbonyl (C=O) groups is 1. The third kappa shape index (κ3) is 4.20. The van der Waals surface area contributed by atoms with E-state index in [9.17, 15) is 9.18 Å². The number of hydrogen-bond donors (Lipinski definition) is 1. The molecule has 3 heterocycles. The molecule has 0 fully saturated rings. The van der Waals surface area contributed by atoms with E-state index in [1.54, 1.807) is 23.0 Å². The molecular weight excluding hydrogens is 381 g/mol. The van der Waals surface area contributed by atoms with Gasteiger partial charge in [0.15, 0.2) is 5.65 Å². The summed E-state index contributed by atoms with van der Waals surface area (Å²) in [6, 6.07) is 12.0. The van der Waals surface area contributed by atoms with Crippen LogP contribution in [0.3, 0.4) is 0 Å². The Morgan fingerprint density at radius 2 is 2.03 bits per heavy atom. The largest absolute Gasteiger partial charge is 0.352 e. The number of carbonyl (C=O) groups excluding carboxylic acids is 1. The molecule has 1 aromatic carbocycles. The number of pyridine rings is 1. The number of halogens is 1. The van der Waals surface area contributed by atoms with E-state index in [0.29, 0.717) is 36.3 Å². The molecular formula is C23H22FN5O. The molecule has 6 nitrogen and oxygen atoms in total. The maximum Gasteiger partial charge on any atom is 0.220 e. The van der Waals surface area contributed by atoms with Gasteiger partial charge in [0.2, 0.25) is 5.91 Å². The lowest BCUT2D eigenvalue weighted by Crippen LogP contribution is -2.23. The number of nitrogens with one attached hydrogen (secondary N) is 1. The van der Waals surface area contributed by atoms with Crippen molar-refractivity contribution in [2.75, 3.05) is 0 Å². The van der Waals surface area contributed by atoms with Crippen LogP contribution in [0.1, 0.15) is 28.9 Å². The van der Waals surface area contributed by atoms with E-state index in [-0.39, 0.29) is 11.7 Å². The van der Waals surface area contributed by atoms with Gasteiger partial charge in [-0.05, 0) is 49.6 Å². The molecule has 4 aromatic rings. The minimum Gasteiger partial charge on any atom is -0.352 e. The average molecular weight is 403 g/mol. The van der Waals surface area contributed by atoms with E-state index in [2.05, 4.69) is 20.4 Å². The van der Waals surface area contributed by atoms with Crippen LogP contribution in [0.4, 0.5) is 4.39 Å². The van der Waals surface area contributed by atoms with Gasteiger partial charge in [0, 0.05) is 48.4 Å². The van der Waals surface area contributed by atoms with Gasteiger partial charge in [-0.2, -0.15) is 5.10 Å². The first kappa shape index (κ1) is 19.7. The predicted molar refractivity (Wildman–Crippen MR) is 112 cm³/mol. The molecule has 7 heteroatoms. The fraction of sp³-hybridized carbons (Fsp3) is 0.217. The lowest BCUT2D eigenvalue weighted by Gasteiger charge is -2.11. The maximum atomic E-state index is 13.6. The lowest BCUT2D eigenvalue weighted by atomic mass is 10.1. The number of aryl methyl sites for hydroxylation is 2. The zero-order chi connectivity index (χ0) is 21.1. The Balaban J connectivity index is 1.50. The summed E-state index contributed by atoms with van der Waals surface area (Å²) in [5.74, 6) is -0.331. The summed E-state index contributed by atoms with van der Waals surface area (Å²) in [5.41, 5.74) is 5.82. The summed E-state index contributed by atoms with van der Waals surface area (Å²) < 4.78 is 15.3. The molecule has 1 amide bonds. The topological polar surface area (TPSA) is 72.2 Å². The molecule has 0 aliphatic heterocycles. The van der Waals surface area contributed by atoms with Gasteiger partial charge >= 0.3 is 0 Å². The number of benzene rings is 1. The molecule has 0 atom stereocenters. The van der Waals surface area contributed by atoms with E-state index in [1.165, 1.54) is 12.1 Å². The van der Waals surface area contributed by atoms with Gasteiger partial charge in [-0.15, -0.1) is 0 Å². The van der Waals surface area contributed by atoms with E-state index in [4.69, 9.17) is 0 Å². The quantitative estimate of drug-likeness (QED) is 0.532. The molecule has 30 heavy (non-hydrogen) atoms. The molecule has 0 saturated carbocycles. The second kappa shape index (κ2) is 8.41. The number of nitrogens with zero attached hydrogens (tertiary/aromatic N) is 4. The fourth-order valence-corrected chi connectivity index (χ4v) is 3.51. The Kier molecular flexibility index (Phi) is 5.52. The van der Waals surface area contributed by atoms with E-state index >= 15 is 0 Å². The molecule has 0 radical (unpaired) electrons. The molecule has 0 aliphatic rings. The van der Waals surface area contributed by atoms with Crippen LogP contribution in [-0.2, 0) is 17.8 Å². The van der Waals surface area contributed by atoms with Crippen LogP contribution in [0.25, 0.3) is 16.9 Å². The van der Waals surface area contributed by atoms with E-state index in [1.807, 2.05) is 38.1 Å². The smallest absolute Gasteiger partial charge is 0.220 e. The number of aromatic nitrogens is 4. The van der Waals surface area contributed by atoms with Crippen molar-refractivity contribution in [1.29, 1.82) is 0 Å². The van der Waals surface area contributed by atoms with Crippen LogP contribution in [0.15, 0.2) is 54.9 Å². The summed E-state index contributed by atoms with van der Waals surface area (Å²) in [6.07, 6.45) is 4.36. The molecule has 1 N–H and O–H groups in total. The molecule has 4 rings (SSSR count). The molecule has 3 aromatic heterocycles. The number of fused-ring (bicyclic) bond motifs is 1. The van der Waals surface area contributed by atoms with Gasteiger partial charge in [-0.1, -0.05) is 18.2 Å². The Morgan fingerprint density at radius 1 is 1.17 bits per heavy atom. The summed E-state index contributed by atoms with van der Waals surface area (Å²) in [5, 5.41) is 7.53. The van der Waals surface area contributed by atoms with Crippen LogP contribution in [-0.4, -0.2) is 25.5 Å². The highest BCUT2D eigenvalue weighted by molar-refractivity contribution is 5.76. The Hall–Kier alpha value is -3.61. The molecule has 0 saturated heterocycles. The van der Waals surface area contributed by atoms with Crippen molar-refractivity contribution in [3.63, 3.8) is 0 Å². The Labute approximate surface area is 173 Å². The Morgan fingerprint density at radius 3 is 2.80 bits per heavy atom. The zero-order valence-electron chi connectivity index (χ0n) is 16.9. The zero-order valence-corrected chi connectivity index (χ0v) is 16.9. The van der Waals surface area contributed by atoms with Gasteiger partial charge in [0.05, 0.1) is 5.69 Å².